The van der Waals surface area contributed by atoms with Crippen LogP contribution >= 0.6 is 0 Å². The van der Waals surface area contributed by atoms with Crippen molar-refractivity contribution in [3.8, 4) is 17.5 Å². The van der Waals surface area contributed by atoms with Crippen LogP contribution in [0, 0.1) is 19.7 Å². The molecule has 1 aliphatic rings. The number of piperidine rings is 1. The number of carbonyl (C=O) groups is 1. The Labute approximate surface area is 206 Å². The third-order valence-corrected chi connectivity index (χ3v) is 6.90. The van der Waals surface area contributed by atoms with Gasteiger partial charge in [0.15, 0.2) is 17.3 Å². The molecule has 1 aliphatic heterocycles. The van der Waals surface area contributed by atoms with E-state index in [1.165, 1.54) is 24.7 Å². The number of nitrogens with zero attached hydrogens (tertiary/aromatic N) is 3. The summed E-state index contributed by atoms with van der Waals surface area (Å²) < 4.78 is 37.7. The second-order valence-corrected chi connectivity index (χ2v) is 10.0. The molecule has 184 valence electrons. The third kappa shape index (κ3) is 6.29. The predicted molar refractivity (Wildman–Crippen MR) is 131 cm³/mol. The average molecular weight is 498 g/mol. The summed E-state index contributed by atoms with van der Waals surface area (Å²) in [7, 11) is -1.29. The zero-order valence-electron chi connectivity index (χ0n) is 20.0. The molecule has 35 heavy (non-hydrogen) atoms. The predicted octanol–water partition coefficient (Wildman–Crippen LogP) is 4.49. The van der Waals surface area contributed by atoms with Gasteiger partial charge in [0.25, 0.3) is 0 Å². The van der Waals surface area contributed by atoms with Crippen LogP contribution in [0.3, 0.4) is 0 Å². The van der Waals surface area contributed by atoms with E-state index in [2.05, 4.69) is 14.9 Å². The fraction of sp³-hybridized carbons (Fsp3) is 0.346. The summed E-state index contributed by atoms with van der Waals surface area (Å²) in [6.07, 6.45) is 4.26. The maximum atomic E-state index is 14.4. The summed E-state index contributed by atoms with van der Waals surface area (Å²) in [5.74, 6) is 0.0590. The van der Waals surface area contributed by atoms with Gasteiger partial charge in [-0.3, -0.25) is 13.9 Å². The van der Waals surface area contributed by atoms with Crippen molar-refractivity contribution in [2.75, 3.05) is 25.9 Å². The van der Waals surface area contributed by atoms with Crippen LogP contribution in [0.15, 0.2) is 53.7 Å². The van der Waals surface area contributed by atoms with Gasteiger partial charge in [-0.25, -0.2) is 14.4 Å². The zero-order chi connectivity index (χ0) is 24.9. The van der Waals surface area contributed by atoms with Crippen molar-refractivity contribution in [1.29, 1.82) is 0 Å². The van der Waals surface area contributed by atoms with E-state index in [1.807, 2.05) is 31.2 Å². The number of likely N-dealkylation sites (tertiary alicyclic amines) is 1. The second kappa shape index (κ2) is 11.0. The monoisotopic (exact) mass is 497 g/mol. The standard InChI is InChI=1S/C26H28FN3O4S/c1-17-4-6-19(7-5-17)23(31)15-30-12-10-20(11-13-30)33-25-18(2)26(29-16-28-25)34-24-9-8-21(35(3)32)14-22(24)27/h4-9,14,16,20H,10-13,15H2,1-3H3. The highest BCUT2D eigenvalue weighted by atomic mass is 32.2. The Balaban J connectivity index is 1.34. The van der Waals surface area contributed by atoms with Crippen LogP contribution < -0.4 is 9.47 Å². The van der Waals surface area contributed by atoms with Crippen LogP contribution in [-0.2, 0) is 10.8 Å². The molecule has 0 radical (unpaired) electrons. The van der Waals surface area contributed by atoms with Gasteiger partial charge in [0.1, 0.15) is 12.4 Å². The van der Waals surface area contributed by atoms with Crippen molar-refractivity contribution in [1.82, 2.24) is 14.9 Å². The molecule has 0 amide bonds. The summed E-state index contributed by atoms with van der Waals surface area (Å²) >= 11 is 0. The number of hydrogen-bond donors (Lipinski definition) is 0. The number of rotatable bonds is 8. The van der Waals surface area contributed by atoms with Crippen LogP contribution in [-0.4, -0.2) is 56.9 Å². The van der Waals surface area contributed by atoms with Gasteiger partial charge in [-0.15, -0.1) is 0 Å². The number of ketones is 1. The molecular weight excluding hydrogens is 469 g/mol. The van der Waals surface area contributed by atoms with Crippen molar-refractivity contribution in [2.24, 2.45) is 0 Å². The average Bonchev–Trinajstić information content (AvgIpc) is 2.84. The Morgan fingerprint density at radius 2 is 1.77 bits per heavy atom. The molecule has 7 nitrogen and oxygen atoms in total. The maximum Gasteiger partial charge on any atom is 0.229 e. The number of carbonyl (C=O) groups excluding carboxylic acids is 1. The van der Waals surface area contributed by atoms with Gasteiger partial charge in [0.05, 0.1) is 12.1 Å². The molecule has 2 heterocycles. The Morgan fingerprint density at radius 3 is 2.43 bits per heavy atom. The Morgan fingerprint density at radius 1 is 1.09 bits per heavy atom. The van der Waals surface area contributed by atoms with Gasteiger partial charge in [-0.1, -0.05) is 29.8 Å². The fourth-order valence-electron chi connectivity index (χ4n) is 3.86. The topological polar surface area (TPSA) is 81.6 Å². The SMILES string of the molecule is Cc1ccc(C(=O)CN2CCC(Oc3ncnc(Oc4ccc(S(C)=O)cc4F)c3C)CC2)cc1. The molecular formula is C26H28FN3O4S. The molecule has 1 fully saturated rings. The summed E-state index contributed by atoms with van der Waals surface area (Å²) in [5, 5.41) is 0. The maximum absolute atomic E-state index is 14.4. The quantitative estimate of drug-likeness (QED) is 0.424. The fourth-order valence-corrected chi connectivity index (χ4v) is 4.39. The second-order valence-electron chi connectivity index (χ2n) is 8.64. The third-order valence-electron chi connectivity index (χ3n) is 5.99. The molecule has 0 saturated carbocycles. The first-order valence-electron chi connectivity index (χ1n) is 11.4. The van der Waals surface area contributed by atoms with E-state index in [0.717, 1.165) is 37.1 Å². The van der Waals surface area contributed by atoms with Gasteiger partial charge in [0.2, 0.25) is 11.8 Å². The lowest BCUT2D eigenvalue weighted by atomic mass is 10.0. The lowest BCUT2D eigenvalue weighted by Gasteiger charge is -2.31. The highest BCUT2D eigenvalue weighted by molar-refractivity contribution is 7.84. The Kier molecular flexibility index (Phi) is 7.87. The number of aromatic nitrogens is 2. The van der Waals surface area contributed by atoms with Gasteiger partial charge in [-0.2, -0.15) is 0 Å². The van der Waals surface area contributed by atoms with E-state index in [9.17, 15) is 13.4 Å². The number of ether oxygens (including phenoxy) is 2. The number of halogens is 1. The van der Waals surface area contributed by atoms with Crippen molar-refractivity contribution in [3.05, 3.63) is 71.3 Å². The first-order valence-corrected chi connectivity index (χ1v) is 13.0. The van der Waals surface area contributed by atoms with E-state index in [0.29, 0.717) is 22.9 Å². The largest absolute Gasteiger partial charge is 0.474 e. The molecule has 1 saturated heterocycles. The summed E-state index contributed by atoms with van der Waals surface area (Å²) in [6, 6.07) is 11.8. The molecule has 9 heteroatoms. The minimum absolute atomic E-state index is 0.0153. The van der Waals surface area contributed by atoms with Gasteiger partial charge in [0, 0.05) is 40.6 Å². The number of hydrogen-bond acceptors (Lipinski definition) is 7. The van der Waals surface area contributed by atoms with Crippen molar-refractivity contribution in [2.45, 2.75) is 37.7 Å². The van der Waals surface area contributed by atoms with Crippen molar-refractivity contribution >= 4 is 16.6 Å². The smallest absolute Gasteiger partial charge is 0.229 e. The molecule has 4 rings (SSSR count). The first-order chi connectivity index (χ1) is 16.8. The number of Topliss-reactive ketones (excluding diaryl/α,β-unsaturated/α-hetero) is 1. The van der Waals surface area contributed by atoms with E-state index in [4.69, 9.17) is 9.47 Å². The van der Waals surface area contributed by atoms with E-state index in [1.54, 1.807) is 13.0 Å². The highest BCUT2D eigenvalue weighted by Crippen LogP contribution is 2.31. The molecule has 2 aromatic carbocycles. The molecule has 3 aromatic rings. The van der Waals surface area contributed by atoms with E-state index < -0.39 is 16.6 Å². The van der Waals surface area contributed by atoms with Gasteiger partial charge < -0.3 is 9.47 Å². The van der Waals surface area contributed by atoms with Crippen LogP contribution in [0.2, 0.25) is 0 Å². The summed E-state index contributed by atoms with van der Waals surface area (Å²) in [4.78, 5) is 23.4. The molecule has 1 aromatic heterocycles. The normalized spacial score (nSPS) is 15.5. The first kappa shape index (κ1) is 24.9. The van der Waals surface area contributed by atoms with Crippen molar-refractivity contribution in [3.63, 3.8) is 0 Å². The van der Waals surface area contributed by atoms with Gasteiger partial charge in [-0.05, 0) is 44.9 Å². The highest BCUT2D eigenvalue weighted by Gasteiger charge is 2.24. The van der Waals surface area contributed by atoms with Crippen LogP contribution in [0.1, 0.15) is 34.3 Å². The van der Waals surface area contributed by atoms with Crippen LogP contribution in [0.5, 0.6) is 17.5 Å². The molecule has 0 spiro atoms. The van der Waals surface area contributed by atoms with E-state index in [-0.39, 0.29) is 23.5 Å². The molecule has 1 atom stereocenters. The molecule has 0 bridgehead atoms. The Hall–Kier alpha value is -3.17. The number of aryl methyl sites for hydroxylation is 1. The number of benzene rings is 2. The minimum Gasteiger partial charge on any atom is -0.474 e. The van der Waals surface area contributed by atoms with E-state index >= 15 is 0 Å². The summed E-state index contributed by atoms with van der Waals surface area (Å²) in [5.41, 5.74) is 2.42. The summed E-state index contributed by atoms with van der Waals surface area (Å²) in [6.45, 7) is 5.63. The van der Waals surface area contributed by atoms with Crippen LogP contribution in [0.4, 0.5) is 4.39 Å². The zero-order valence-corrected chi connectivity index (χ0v) is 20.8. The lowest BCUT2D eigenvalue weighted by Crippen LogP contribution is -2.41. The Bertz CT molecular complexity index is 1230. The molecule has 0 aliphatic carbocycles. The minimum atomic E-state index is -1.29. The molecule has 0 N–H and O–H groups in total. The van der Waals surface area contributed by atoms with Crippen LogP contribution in [0.25, 0.3) is 0 Å². The molecule has 1 unspecified atom stereocenters. The lowest BCUT2D eigenvalue weighted by molar-refractivity contribution is 0.0774. The van der Waals surface area contributed by atoms with Crippen molar-refractivity contribution < 1.29 is 22.9 Å². The van der Waals surface area contributed by atoms with Gasteiger partial charge >= 0.3 is 0 Å².